The summed E-state index contributed by atoms with van der Waals surface area (Å²) in [6.07, 6.45) is 9.18. The van der Waals surface area contributed by atoms with Crippen LogP contribution in [0.1, 0.15) is 57.4 Å². The zero-order chi connectivity index (χ0) is 25.2. The minimum absolute atomic E-state index is 0.0609. The molecular weight excluding hydrogens is 472 g/mol. The maximum absolute atomic E-state index is 12.9. The Morgan fingerprint density at radius 1 is 1.06 bits per heavy atom. The van der Waals surface area contributed by atoms with Crippen LogP contribution in [0.5, 0.6) is 11.5 Å². The summed E-state index contributed by atoms with van der Waals surface area (Å²) in [5.41, 5.74) is 1.59. The number of piperidine rings is 1. The summed E-state index contributed by atoms with van der Waals surface area (Å²) in [6.45, 7) is 7.81. The number of unbranched alkanes of at least 4 members (excludes halogenated alkanes) is 1. The summed E-state index contributed by atoms with van der Waals surface area (Å²) in [4.78, 5) is 17.5. The molecule has 36 heavy (non-hydrogen) atoms. The number of fused-ring (bicyclic) bond motifs is 1. The van der Waals surface area contributed by atoms with Crippen LogP contribution in [-0.4, -0.2) is 61.6 Å². The highest BCUT2D eigenvalue weighted by Gasteiger charge is 2.37. The Bertz CT molecular complexity index is 974. The number of amides is 1. The maximum atomic E-state index is 12.9. The highest BCUT2D eigenvalue weighted by Crippen LogP contribution is 2.38. The van der Waals surface area contributed by atoms with Crippen molar-refractivity contribution in [3.8, 4) is 11.5 Å². The molecule has 2 aromatic carbocycles. The van der Waals surface area contributed by atoms with Gasteiger partial charge in [-0.05, 0) is 80.3 Å². The van der Waals surface area contributed by atoms with Crippen LogP contribution in [0.3, 0.4) is 0 Å². The number of hydrogen-bond acceptors (Lipinski definition) is 4. The minimum Gasteiger partial charge on any atom is -0.492 e. The number of carbonyl (C=O) groups is 1. The van der Waals surface area contributed by atoms with Gasteiger partial charge in [-0.25, -0.2) is 0 Å². The molecule has 0 atom stereocenters. The van der Waals surface area contributed by atoms with Crippen molar-refractivity contribution in [1.29, 1.82) is 0 Å². The molecule has 6 heteroatoms. The predicted molar refractivity (Wildman–Crippen MR) is 146 cm³/mol. The molecule has 0 aromatic heterocycles. The molecular formula is C30H41ClN2O3. The summed E-state index contributed by atoms with van der Waals surface area (Å²) >= 11 is 6.04. The van der Waals surface area contributed by atoms with E-state index in [4.69, 9.17) is 21.1 Å². The molecule has 2 aromatic rings. The lowest BCUT2D eigenvalue weighted by Gasteiger charge is -2.45. The van der Waals surface area contributed by atoms with E-state index in [1.807, 2.05) is 17.0 Å². The fraction of sp³-hybridized carbons (Fsp3) is 0.567. The number of carbonyl (C=O) groups excluding carboxylic acids is 1. The van der Waals surface area contributed by atoms with Gasteiger partial charge in [-0.2, -0.15) is 0 Å². The molecule has 5 nitrogen and oxygen atoms in total. The average molecular weight is 513 g/mol. The van der Waals surface area contributed by atoms with Crippen LogP contribution in [0.2, 0.25) is 5.02 Å². The number of rotatable bonds is 6. The SMILES string of the molecule is CCCCN1CCOc2ccccc2CCCCC2(CCN(C(=O)COc3cccc(Cl)c3)CC2)C1. The number of aryl methyl sites for hydroxylation is 1. The Labute approximate surface area is 221 Å². The quantitative estimate of drug-likeness (QED) is 0.459. The van der Waals surface area contributed by atoms with Crippen molar-refractivity contribution >= 4 is 17.5 Å². The first-order valence-corrected chi connectivity index (χ1v) is 14.0. The van der Waals surface area contributed by atoms with E-state index < -0.39 is 0 Å². The van der Waals surface area contributed by atoms with E-state index >= 15 is 0 Å². The molecule has 2 aliphatic heterocycles. The van der Waals surface area contributed by atoms with Crippen LogP contribution in [0.15, 0.2) is 48.5 Å². The van der Waals surface area contributed by atoms with Crippen molar-refractivity contribution in [2.75, 3.05) is 45.9 Å². The molecule has 0 aliphatic carbocycles. The second-order valence-electron chi connectivity index (χ2n) is 10.4. The first-order valence-electron chi connectivity index (χ1n) is 13.7. The number of para-hydroxylation sites is 1. The van der Waals surface area contributed by atoms with Gasteiger partial charge >= 0.3 is 0 Å². The highest BCUT2D eigenvalue weighted by atomic mass is 35.5. The summed E-state index contributed by atoms with van der Waals surface area (Å²) in [5, 5.41) is 0.615. The van der Waals surface area contributed by atoms with E-state index in [1.165, 1.54) is 37.7 Å². The van der Waals surface area contributed by atoms with Gasteiger partial charge in [0.15, 0.2) is 6.61 Å². The topological polar surface area (TPSA) is 42.0 Å². The maximum Gasteiger partial charge on any atom is 0.260 e. The summed E-state index contributed by atoms with van der Waals surface area (Å²) in [5.74, 6) is 1.75. The number of likely N-dealkylation sites (tertiary alicyclic amines) is 1. The number of benzene rings is 2. The number of ether oxygens (including phenoxy) is 2. The van der Waals surface area contributed by atoms with Crippen LogP contribution in [0.25, 0.3) is 0 Å². The molecule has 4 rings (SSSR count). The predicted octanol–water partition coefficient (Wildman–Crippen LogP) is 6.24. The molecule has 1 fully saturated rings. The van der Waals surface area contributed by atoms with Crippen LogP contribution in [0, 0.1) is 5.41 Å². The largest absolute Gasteiger partial charge is 0.492 e. The fourth-order valence-corrected chi connectivity index (χ4v) is 5.77. The van der Waals surface area contributed by atoms with Gasteiger partial charge in [0.25, 0.3) is 5.91 Å². The standard InChI is InChI=1S/C30H41ClN2O3/c1-2-3-17-32-20-21-35-28-13-5-4-9-25(28)10-6-7-14-30(24-32)15-18-33(19-16-30)29(34)23-36-27-12-8-11-26(31)22-27/h4-5,8-9,11-13,22H,2-3,6-7,10,14-21,23-24H2,1H3. The van der Waals surface area contributed by atoms with Crippen LogP contribution >= 0.6 is 11.6 Å². The molecule has 2 aliphatic rings. The second-order valence-corrected chi connectivity index (χ2v) is 10.9. The van der Waals surface area contributed by atoms with Crippen LogP contribution < -0.4 is 9.47 Å². The Morgan fingerprint density at radius 3 is 2.69 bits per heavy atom. The van der Waals surface area contributed by atoms with E-state index in [0.717, 1.165) is 64.3 Å². The third kappa shape index (κ3) is 7.63. The van der Waals surface area contributed by atoms with Crippen molar-refractivity contribution in [1.82, 2.24) is 9.80 Å². The zero-order valence-corrected chi connectivity index (χ0v) is 22.5. The van der Waals surface area contributed by atoms with Crippen molar-refractivity contribution < 1.29 is 14.3 Å². The molecule has 0 bridgehead atoms. The van der Waals surface area contributed by atoms with E-state index in [9.17, 15) is 4.79 Å². The zero-order valence-electron chi connectivity index (χ0n) is 21.7. The van der Waals surface area contributed by atoms with Crippen LogP contribution in [0.4, 0.5) is 0 Å². The fourth-order valence-electron chi connectivity index (χ4n) is 5.59. The highest BCUT2D eigenvalue weighted by molar-refractivity contribution is 6.30. The second kappa shape index (κ2) is 13.3. The third-order valence-corrected chi connectivity index (χ3v) is 8.00. The van der Waals surface area contributed by atoms with Crippen molar-refractivity contribution in [3.63, 3.8) is 0 Å². The molecule has 0 saturated carbocycles. The van der Waals surface area contributed by atoms with Gasteiger partial charge in [0, 0.05) is 31.2 Å². The molecule has 0 N–H and O–H groups in total. The third-order valence-electron chi connectivity index (χ3n) is 7.76. The van der Waals surface area contributed by atoms with Gasteiger partial charge in [0.1, 0.15) is 18.1 Å². The summed E-state index contributed by atoms with van der Waals surface area (Å²) in [7, 11) is 0. The van der Waals surface area contributed by atoms with Gasteiger partial charge < -0.3 is 14.4 Å². The molecule has 1 saturated heterocycles. The van der Waals surface area contributed by atoms with Crippen molar-refractivity contribution in [2.24, 2.45) is 5.41 Å². The monoisotopic (exact) mass is 512 g/mol. The molecule has 1 amide bonds. The van der Waals surface area contributed by atoms with Gasteiger partial charge in [0.05, 0.1) is 0 Å². The van der Waals surface area contributed by atoms with E-state index in [2.05, 4.69) is 36.1 Å². The Morgan fingerprint density at radius 2 is 1.89 bits per heavy atom. The lowest BCUT2D eigenvalue weighted by Crippen LogP contribution is -2.49. The molecule has 2 heterocycles. The van der Waals surface area contributed by atoms with E-state index in [0.29, 0.717) is 10.8 Å². The van der Waals surface area contributed by atoms with Gasteiger partial charge in [-0.1, -0.05) is 55.6 Å². The van der Waals surface area contributed by atoms with Gasteiger partial charge in [-0.15, -0.1) is 0 Å². The van der Waals surface area contributed by atoms with Gasteiger partial charge in [-0.3, -0.25) is 9.69 Å². The summed E-state index contributed by atoms with van der Waals surface area (Å²) < 4.78 is 12.0. The summed E-state index contributed by atoms with van der Waals surface area (Å²) in [6, 6.07) is 15.7. The van der Waals surface area contributed by atoms with Gasteiger partial charge in [0.2, 0.25) is 0 Å². The number of halogens is 1. The normalized spacial score (nSPS) is 19.0. The minimum atomic E-state index is 0.0609. The first kappa shape index (κ1) is 26.8. The molecule has 0 radical (unpaired) electrons. The Kier molecular flexibility index (Phi) is 9.94. The Hall–Kier alpha value is -2.24. The smallest absolute Gasteiger partial charge is 0.260 e. The first-order chi connectivity index (χ1) is 17.6. The van der Waals surface area contributed by atoms with E-state index in [-0.39, 0.29) is 17.9 Å². The lowest BCUT2D eigenvalue weighted by molar-refractivity contribution is -0.136. The number of nitrogens with zero attached hydrogens (tertiary/aromatic N) is 2. The average Bonchev–Trinajstić information content (AvgIpc) is 2.89. The van der Waals surface area contributed by atoms with Crippen molar-refractivity contribution in [3.05, 3.63) is 59.1 Å². The van der Waals surface area contributed by atoms with E-state index in [1.54, 1.807) is 12.1 Å². The molecule has 0 unspecified atom stereocenters. The number of hydrogen-bond donors (Lipinski definition) is 0. The van der Waals surface area contributed by atoms with Crippen LogP contribution in [-0.2, 0) is 11.2 Å². The van der Waals surface area contributed by atoms with Crippen molar-refractivity contribution in [2.45, 2.75) is 58.3 Å². The Balaban J connectivity index is 1.37. The molecule has 1 spiro atoms. The lowest BCUT2D eigenvalue weighted by atomic mass is 9.73. The molecule has 196 valence electrons.